The van der Waals surface area contributed by atoms with Crippen molar-refractivity contribution in [2.24, 2.45) is 11.3 Å². The van der Waals surface area contributed by atoms with Crippen molar-refractivity contribution in [1.29, 1.82) is 0 Å². The molecule has 1 aromatic rings. The minimum atomic E-state index is -0.512. The van der Waals surface area contributed by atoms with E-state index in [-0.39, 0.29) is 33.9 Å². The summed E-state index contributed by atoms with van der Waals surface area (Å²) in [5.74, 6) is -0.276. The third-order valence-electron chi connectivity index (χ3n) is 5.55. The van der Waals surface area contributed by atoms with E-state index >= 15 is 0 Å². The third kappa shape index (κ3) is 5.20. The molecule has 1 spiro atoms. The predicted molar refractivity (Wildman–Crippen MR) is 103 cm³/mol. The molecule has 0 bridgehead atoms. The van der Waals surface area contributed by atoms with Crippen LogP contribution in [0.25, 0.3) is 0 Å². The van der Waals surface area contributed by atoms with Crippen molar-refractivity contribution in [3.8, 4) is 0 Å². The molecule has 3 rings (SSSR count). The van der Waals surface area contributed by atoms with Gasteiger partial charge in [0.15, 0.2) is 0 Å². The highest BCUT2D eigenvalue weighted by molar-refractivity contribution is 6.31. The molecule has 27 heavy (non-hydrogen) atoms. The molecule has 1 aromatic carbocycles. The summed E-state index contributed by atoms with van der Waals surface area (Å²) in [6.07, 6.45) is 2.85. The van der Waals surface area contributed by atoms with Crippen LogP contribution in [0.5, 0.6) is 0 Å². The molecule has 1 saturated heterocycles. The Hall–Kier alpha value is -1.66. The number of piperidine rings is 1. The first-order valence-corrected chi connectivity index (χ1v) is 9.91. The van der Waals surface area contributed by atoms with Crippen LogP contribution in [0.1, 0.15) is 43.5 Å². The van der Waals surface area contributed by atoms with Gasteiger partial charge in [-0.25, -0.2) is 4.39 Å². The topological polar surface area (TPSA) is 61.4 Å². The highest BCUT2D eigenvalue weighted by Crippen LogP contribution is 2.53. The highest BCUT2D eigenvalue weighted by Gasteiger charge is 2.55. The minimum absolute atomic E-state index is 0.0725. The van der Waals surface area contributed by atoms with Gasteiger partial charge < -0.3 is 10.6 Å². The molecule has 1 heterocycles. The van der Waals surface area contributed by atoms with E-state index in [1.807, 2.05) is 0 Å². The first kappa shape index (κ1) is 20.1. The maximum Gasteiger partial charge on any atom is 0.251 e. The molecule has 1 saturated carbocycles. The predicted octanol–water partition coefficient (Wildman–Crippen LogP) is 2.84. The molecular formula is C20H27ClFN3O2. The van der Waals surface area contributed by atoms with E-state index in [0.717, 1.165) is 32.4 Å². The molecule has 5 nitrogen and oxygen atoms in total. The van der Waals surface area contributed by atoms with E-state index in [9.17, 15) is 14.0 Å². The van der Waals surface area contributed by atoms with Crippen LogP contribution in [0.2, 0.25) is 5.02 Å². The van der Waals surface area contributed by atoms with Crippen molar-refractivity contribution in [1.82, 2.24) is 15.5 Å². The molecule has 0 radical (unpaired) electrons. The van der Waals surface area contributed by atoms with Gasteiger partial charge in [-0.15, -0.1) is 0 Å². The van der Waals surface area contributed by atoms with Gasteiger partial charge in [0.25, 0.3) is 5.91 Å². The second-order valence-corrected chi connectivity index (χ2v) is 8.66. The van der Waals surface area contributed by atoms with Crippen molar-refractivity contribution in [2.75, 3.05) is 26.2 Å². The van der Waals surface area contributed by atoms with E-state index in [1.165, 1.54) is 18.2 Å². The van der Waals surface area contributed by atoms with E-state index in [4.69, 9.17) is 11.6 Å². The zero-order chi connectivity index (χ0) is 19.6. The molecule has 1 atom stereocenters. The zero-order valence-corrected chi connectivity index (χ0v) is 16.6. The second-order valence-electron chi connectivity index (χ2n) is 8.22. The lowest BCUT2D eigenvalue weighted by Gasteiger charge is -2.32. The Kier molecular flexibility index (Phi) is 6.06. The molecule has 0 unspecified atom stereocenters. The van der Waals surface area contributed by atoms with Crippen molar-refractivity contribution in [3.05, 3.63) is 34.6 Å². The molecular weight excluding hydrogens is 369 g/mol. The first-order chi connectivity index (χ1) is 12.8. The summed E-state index contributed by atoms with van der Waals surface area (Å²) in [4.78, 5) is 26.5. The summed E-state index contributed by atoms with van der Waals surface area (Å²) < 4.78 is 13.4. The van der Waals surface area contributed by atoms with Gasteiger partial charge in [-0.3, -0.25) is 14.5 Å². The Morgan fingerprint density at radius 3 is 2.63 bits per heavy atom. The van der Waals surface area contributed by atoms with Crippen molar-refractivity contribution < 1.29 is 14.0 Å². The Balaban J connectivity index is 1.45. The number of nitrogens with one attached hydrogen (secondary N) is 2. The van der Waals surface area contributed by atoms with Gasteiger partial charge in [0.1, 0.15) is 5.82 Å². The van der Waals surface area contributed by atoms with Gasteiger partial charge in [-0.1, -0.05) is 25.4 Å². The van der Waals surface area contributed by atoms with Crippen molar-refractivity contribution in [3.63, 3.8) is 0 Å². The molecule has 7 heteroatoms. The molecule has 0 aromatic heterocycles. The average Bonchev–Trinajstić information content (AvgIpc) is 3.26. The fourth-order valence-corrected chi connectivity index (χ4v) is 3.99. The molecule has 2 fully saturated rings. The monoisotopic (exact) mass is 395 g/mol. The molecule has 2 aliphatic rings. The Bertz CT molecular complexity index is 697. The van der Waals surface area contributed by atoms with E-state index in [2.05, 4.69) is 29.4 Å². The number of carbonyl (C=O) groups excluding carboxylic acids is 2. The van der Waals surface area contributed by atoms with E-state index in [1.54, 1.807) is 0 Å². The molecule has 1 aliphatic carbocycles. The summed E-state index contributed by atoms with van der Waals surface area (Å²) in [6, 6.07) is 3.98. The number of rotatable bonds is 6. The van der Waals surface area contributed by atoms with Gasteiger partial charge in [0, 0.05) is 23.2 Å². The number of halogens is 2. The molecule has 2 N–H and O–H groups in total. The standard InChI is InChI=1S/C20H27ClFN3O2/c1-13(2)11-23-18(26)12-25-5-3-20(4-6-25)10-17(20)24-19(27)14-7-15(21)9-16(22)8-14/h7-9,13,17H,3-6,10-12H2,1-2H3,(H,23,26)(H,24,27)/t17-/m1/s1. The van der Waals surface area contributed by atoms with Crippen LogP contribution in [0, 0.1) is 17.2 Å². The first-order valence-electron chi connectivity index (χ1n) is 9.53. The summed E-state index contributed by atoms with van der Waals surface area (Å²) in [7, 11) is 0. The number of nitrogens with zero attached hydrogens (tertiary/aromatic N) is 1. The smallest absolute Gasteiger partial charge is 0.251 e. The second kappa shape index (κ2) is 8.15. The Morgan fingerprint density at radius 2 is 2.00 bits per heavy atom. The number of hydrogen-bond donors (Lipinski definition) is 2. The van der Waals surface area contributed by atoms with Crippen LogP contribution in [0.15, 0.2) is 18.2 Å². The summed E-state index contributed by atoms with van der Waals surface area (Å²) in [6.45, 7) is 6.99. The average molecular weight is 396 g/mol. The van der Waals surface area contributed by atoms with Crippen molar-refractivity contribution in [2.45, 2.75) is 39.2 Å². The third-order valence-corrected chi connectivity index (χ3v) is 5.76. The maximum absolute atomic E-state index is 13.4. The summed E-state index contributed by atoms with van der Waals surface area (Å²) in [5, 5.41) is 6.18. The number of hydrogen-bond acceptors (Lipinski definition) is 3. The van der Waals surface area contributed by atoms with Crippen LogP contribution in [0.4, 0.5) is 4.39 Å². The lowest BCUT2D eigenvalue weighted by atomic mass is 9.92. The van der Waals surface area contributed by atoms with Gasteiger partial charge in [0.05, 0.1) is 6.54 Å². The van der Waals surface area contributed by atoms with Gasteiger partial charge in [0.2, 0.25) is 5.91 Å². The fraction of sp³-hybridized carbons (Fsp3) is 0.600. The highest BCUT2D eigenvalue weighted by atomic mass is 35.5. The number of amides is 2. The van der Waals surface area contributed by atoms with E-state index < -0.39 is 5.82 Å². The van der Waals surface area contributed by atoms with Gasteiger partial charge in [-0.05, 0) is 61.9 Å². The Labute approximate surface area is 164 Å². The van der Waals surface area contributed by atoms with Crippen LogP contribution >= 0.6 is 11.6 Å². The van der Waals surface area contributed by atoms with Gasteiger partial charge in [-0.2, -0.15) is 0 Å². The quantitative estimate of drug-likeness (QED) is 0.778. The molecule has 148 valence electrons. The van der Waals surface area contributed by atoms with Crippen LogP contribution in [0.3, 0.4) is 0 Å². The lowest BCUT2D eigenvalue weighted by molar-refractivity contribution is -0.122. The van der Waals surface area contributed by atoms with Crippen LogP contribution in [-0.4, -0.2) is 48.9 Å². The summed E-state index contributed by atoms with van der Waals surface area (Å²) >= 11 is 5.83. The number of likely N-dealkylation sites (tertiary alicyclic amines) is 1. The lowest BCUT2D eigenvalue weighted by Crippen LogP contribution is -2.44. The van der Waals surface area contributed by atoms with Gasteiger partial charge >= 0.3 is 0 Å². The Morgan fingerprint density at radius 1 is 1.30 bits per heavy atom. The van der Waals surface area contributed by atoms with E-state index in [0.29, 0.717) is 19.0 Å². The normalized spacial score (nSPS) is 21.3. The van der Waals surface area contributed by atoms with Crippen LogP contribution in [-0.2, 0) is 4.79 Å². The molecule has 2 amide bonds. The summed E-state index contributed by atoms with van der Waals surface area (Å²) in [5.41, 5.74) is 0.374. The van der Waals surface area contributed by atoms with Crippen LogP contribution < -0.4 is 10.6 Å². The maximum atomic E-state index is 13.4. The minimum Gasteiger partial charge on any atom is -0.355 e. The largest absolute Gasteiger partial charge is 0.355 e. The fourth-order valence-electron chi connectivity index (χ4n) is 3.76. The SMILES string of the molecule is CC(C)CNC(=O)CN1CCC2(CC1)C[C@H]2NC(=O)c1cc(F)cc(Cl)c1. The molecule has 1 aliphatic heterocycles. The number of carbonyl (C=O) groups is 2. The van der Waals surface area contributed by atoms with Crippen molar-refractivity contribution >= 4 is 23.4 Å². The zero-order valence-electron chi connectivity index (χ0n) is 15.9. The number of benzene rings is 1.